The standard InChI is InChI=1S/C15H22N2/c1-16-11-5-8-15(16)9-12-17(13-10-15)14-6-3-2-4-7-14/h2-4,6-7H,5,8-13H2,1H3. The second kappa shape index (κ2) is 4.34. The van der Waals surface area contributed by atoms with Crippen LogP contribution in [-0.2, 0) is 0 Å². The Bertz CT molecular complexity index is 366. The first-order chi connectivity index (χ1) is 8.30. The van der Waals surface area contributed by atoms with E-state index in [9.17, 15) is 0 Å². The van der Waals surface area contributed by atoms with Gasteiger partial charge in [0.25, 0.3) is 0 Å². The van der Waals surface area contributed by atoms with Gasteiger partial charge in [-0.1, -0.05) is 18.2 Å². The summed E-state index contributed by atoms with van der Waals surface area (Å²) in [6, 6.07) is 10.8. The predicted octanol–water partition coefficient (Wildman–Crippen LogP) is 2.75. The van der Waals surface area contributed by atoms with Gasteiger partial charge in [-0.25, -0.2) is 0 Å². The molecule has 0 bridgehead atoms. The maximum absolute atomic E-state index is 2.61. The first kappa shape index (κ1) is 11.1. The molecule has 17 heavy (non-hydrogen) atoms. The summed E-state index contributed by atoms with van der Waals surface area (Å²) in [5, 5.41) is 0. The molecular formula is C15H22N2. The van der Waals surface area contributed by atoms with Crippen LogP contribution in [0, 0.1) is 0 Å². The van der Waals surface area contributed by atoms with Crippen molar-refractivity contribution in [1.29, 1.82) is 0 Å². The zero-order chi connectivity index (χ0) is 11.7. The molecule has 2 saturated heterocycles. The summed E-state index contributed by atoms with van der Waals surface area (Å²) in [4.78, 5) is 5.15. The lowest BCUT2D eigenvalue weighted by atomic mass is 9.85. The topological polar surface area (TPSA) is 6.48 Å². The van der Waals surface area contributed by atoms with Crippen molar-refractivity contribution in [2.45, 2.75) is 31.2 Å². The molecule has 2 fully saturated rings. The molecule has 0 amide bonds. The molecule has 92 valence electrons. The van der Waals surface area contributed by atoms with Crippen LogP contribution in [0.2, 0.25) is 0 Å². The molecule has 0 aromatic heterocycles. The van der Waals surface area contributed by atoms with Crippen molar-refractivity contribution in [1.82, 2.24) is 4.90 Å². The Morgan fingerprint density at radius 2 is 1.65 bits per heavy atom. The molecule has 2 nitrogen and oxygen atoms in total. The van der Waals surface area contributed by atoms with E-state index in [-0.39, 0.29) is 0 Å². The summed E-state index contributed by atoms with van der Waals surface area (Å²) in [5.41, 5.74) is 1.92. The number of hydrogen-bond acceptors (Lipinski definition) is 2. The molecule has 1 spiro atoms. The highest BCUT2D eigenvalue weighted by Gasteiger charge is 2.40. The molecule has 1 aromatic rings. The van der Waals surface area contributed by atoms with Crippen molar-refractivity contribution in [3.63, 3.8) is 0 Å². The molecule has 0 atom stereocenters. The lowest BCUT2D eigenvalue weighted by molar-refractivity contribution is 0.137. The van der Waals surface area contributed by atoms with Crippen LogP contribution in [0.25, 0.3) is 0 Å². The van der Waals surface area contributed by atoms with Gasteiger partial charge in [-0.3, -0.25) is 0 Å². The molecule has 1 aromatic carbocycles. The monoisotopic (exact) mass is 230 g/mol. The Hall–Kier alpha value is -1.02. The van der Waals surface area contributed by atoms with Crippen LogP contribution in [0.15, 0.2) is 30.3 Å². The molecule has 0 saturated carbocycles. The summed E-state index contributed by atoms with van der Waals surface area (Å²) in [6.45, 7) is 3.73. The van der Waals surface area contributed by atoms with Crippen LogP contribution in [0.4, 0.5) is 5.69 Å². The van der Waals surface area contributed by atoms with Gasteiger partial charge in [0.05, 0.1) is 0 Å². The molecule has 3 rings (SSSR count). The lowest BCUT2D eigenvalue weighted by Crippen LogP contribution is -2.50. The van der Waals surface area contributed by atoms with E-state index in [1.807, 2.05) is 0 Å². The Morgan fingerprint density at radius 3 is 2.24 bits per heavy atom. The molecule has 2 aliphatic heterocycles. The smallest absolute Gasteiger partial charge is 0.0366 e. The van der Waals surface area contributed by atoms with Crippen molar-refractivity contribution in [3.05, 3.63) is 30.3 Å². The van der Waals surface area contributed by atoms with Gasteiger partial charge in [0.1, 0.15) is 0 Å². The fourth-order valence-corrected chi connectivity index (χ4v) is 3.52. The van der Waals surface area contributed by atoms with Crippen molar-refractivity contribution >= 4 is 5.69 Å². The van der Waals surface area contributed by atoms with Gasteiger partial charge in [0, 0.05) is 24.3 Å². The Labute approximate surface area is 104 Å². The summed E-state index contributed by atoms with van der Waals surface area (Å²) in [7, 11) is 2.31. The van der Waals surface area contributed by atoms with Crippen LogP contribution >= 0.6 is 0 Å². The van der Waals surface area contributed by atoms with Crippen LogP contribution in [0.3, 0.4) is 0 Å². The molecular weight excluding hydrogens is 208 g/mol. The van der Waals surface area contributed by atoms with Crippen molar-refractivity contribution in [2.24, 2.45) is 0 Å². The van der Waals surface area contributed by atoms with Crippen molar-refractivity contribution < 1.29 is 0 Å². The first-order valence-electron chi connectivity index (χ1n) is 6.81. The summed E-state index contributed by atoms with van der Waals surface area (Å²) in [5.74, 6) is 0. The third-order valence-corrected chi connectivity index (χ3v) is 4.76. The minimum absolute atomic E-state index is 0.533. The van der Waals surface area contributed by atoms with E-state index < -0.39 is 0 Å². The highest BCUT2D eigenvalue weighted by molar-refractivity contribution is 5.46. The highest BCUT2D eigenvalue weighted by Crippen LogP contribution is 2.38. The van der Waals surface area contributed by atoms with E-state index in [1.54, 1.807) is 0 Å². The number of nitrogens with zero attached hydrogens (tertiary/aromatic N) is 2. The zero-order valence-corrected chi connectivity index (χ0v) is 10.7. The molecule has 0 unspecified atom stereocenters. The molecule has 0 N–H and O–H groups in total. The number of para-hydroxylation sites is 1. The molecule has 0 radical (unpaired) electrons. The molecule has 2 heteroatoms. The van der Waals surface area contributed by atoms with Crippen molar-refractivity contribution in [2.75, 3.05) is 31.6 Å². The van der Waals surface area contributed by atoms with Crippen LogP contribution in [0.5, 0.6) is 0 Å². The number of likely N-dealkylation sites (tertiary alicyclic amines) is 1. The average molecular weight is 230 g/mol. The van der Waals surface area contributed by atoms with Gasteiger partial charge < -0.3 is 9.80 Å². The number of benzene rings is 1. The Balaban J connectivity index is 1.68. The van der Waals surface area contributed by atoms with Gasteiger partial charge >= 0.3 is 0 Å². The fourth-order valence-electron chi connectivity index (χ4n) is 3.52. The largest absolute Gasteiger partial charge is 0.371 e. The van der Waals surface area contributed by atoms with E-state index >= 15 is 0 Å². The lowest BCUT2D eigenvalue weighted by Gasteiger charge is -2.44. The van der Waals surface area contributed by atoms with Gasteiger partial charge in [-0.15, -0.1) is 0 Å². The minimum Gasteiger partial charge on any atom is -0.371 e. The second-order valence-corrected chi connectivity index (χ2v) is 5.57. The molecule has 2 heterocycles. The maximum atomic E-state index is 2.61. The SMILES string of the molecule is CN1CCCC12CCN(c1ccccc1)CC2. The summed E-state index contributed by atoms with van der Waals surface area (Å²) < 4.78 is 0. The minimum atomic E-state index is 0.533. The predicted molar refractivity (Wildman–Crippen MR) is 72.5 cm³/mol. The van der Waals surface area contributed by atoms with Crippen LogP contribution in [-0.4, -0.2) is 37.1 Å². The Morgan fingerprint density at radius 1 is 0.941 bits per heavy atom. The van der Waals surface area contributed by atoms with E-state index in [1.165, 1.54) is 51.0 Å². The quantitative estimate of drug-likeness (QED) is 0.732. The number of anilines is 1. The number of piperidine rings is 1. The molecule has 0 aliphatic carbocycles. The van der Waals surface area contributed by atoms with Gasteiger partial charge in [0.2, 0.25) is 0 Å². The van der Waals surface area contributed by atoms with Crippen LogP contribution in [0.1, 0.15) is 25.7 Å². The van der Waals surface area contributed by atoms with Crippen LogP contribution < -0.4 is 4.90 Å². The van der Waals surface area contributed by atoms with Crippen molar-refractivity contribution in [3.8, 4) is 0 Å². The van der Waals surface area contributed by atoms with E-state index in [2.05, 4.69) is 47.2 Å². The fraction of sp³-hybridized carbons (Fsp3) is 0.600. The van der Waals surface area contributed by atoms with Gasteiger partial charge in [0.15, 0.2) is 0 Å². The second-order valence-electron chi connectivity index (χ2n) is 5.57. The van der Waals surface area contributed by atoms with Gasteiger partial charge in [-0.2, -0.15) is 0 Å². The molecule has 2 aliphatic rings. The van der Waals surface area contributed by atoms with E-state index in [4.69, 9.17) is 0 Å². The van der Waals surface area contributed by atoms with Gasteiger partial charge in [-0.05, 0) is 51.4 Å². The average Bonchev–Trinajstić information content (AvgIpc) is 2.73. The maximum Gasteiger partial charge on any atom is 0.0366 e. The summed E-state index contributed by atoms with van der Waals surface area (Å²) in [6.07, 6.45) is 5.46. The zero-order valence-electron chi connectivity index (χ0n) is 10.7. The first-order valence-corrected chi connectivity index (χ1v) is 6.81. The third kappa shape index (κ3) is 1.95. The van der Waals surface area contributed by atoms with E-state index in [0.717, 1.165) is 0 Å². The normalized spacial score (nSPS) is 24.4. The number of rotatable bonds is 1. The number of hydrogen-bond donors (Lipinski definition) is 0. The van der Waals surface area contributed by atoms with E-state index in [0.29, 0.717) is 5.54 Å². The third-order valence-electron chi connectivity index (χ3n) is 4.76. The Kier molecular flexibility index (Phi) is 2.83. The summed E-state index contributed by atoms with van der Waals surface area (Å²) >= 11 is 0. The highest BCUT2D eigenvalue weighted by atomic mass is 15.2.